The molecule has 1 atom stereocenters. The number of nitrogens with zero attached hydrogens (tertiary/aromatic N) is 3. The molecule has 1 amide bonds. The monoisotopic (exact) mass is 500 g/mol. The fourth-order valence-corrected chi connectivity index (χ4v) is 5.39. The topological polar surface area (TPSA) is 79.6 Å². The molecule has 36 heavy (non-hydrogen) atoms. The van der Waals surface area contributed by atoms with E-state index in [4.69, 9.17) is 4.74 Å². The second-order valence-electron chi connectivity index (χ2n) is 11.3. The second-order valence-corrected chi connectivity index (χ2v) is 11.3. The normalized spacial score (nSPS) is 19.8. The lowest BCUT2D eigenvalue weighted by Crippen LogP contribution is -2.54. The molecule has 1 saturated carbocycles. The van der Waals surface area contributed by atoms with E-state index in [9.17, 15) is 18.7 Å². The summed E-state index contributed by atoms with van der Waals surface area (Å²) in [6.45, 7) is 2.07. The predicted molar refractivity (Wildman–Crippen MR) is 140 cm³/mol. The third-order valence-corrected chi connectivity index (χ3v) is 7.92. The summed E-state index contributed by atoms with van der Waals surface area (Å²) in [5.74, 6) is 0.0747. The van der Waals surface area contributed by atoms with Gasteiger partial charge >= 0.3 is 6.61 Å². The molecule has 7 nitrogen and oxygen atoms in total. The minimum Gasteiger partial charge on any atom is -0.434 e. The first-order valence-electron chi connectivity index (χ1n) is 12.8. The zero-order valence-corrected chi connectivity index (χ0v) is 21.9. The molecule has 2 fully saturated rings. The van der Waals surface area contributed by atoms with Crippen LogP contribution in [0.4, 0.5) is 14.5 Å². The van der Waals surface area contributed by atoms with Crippen molar-refractivity contribution in [1.82, 2.24) is 14.7 Å². The first-order valence-corrected chi connectivity index (χ1v) is 12.8. The van der Waals surface area contributed by atoms with Gasteiger partial charge in [0.1, 0.15) is 21.4 Å². The van der Waals surface area contributed by atoms with Crippen LogP contribution >= 0.6 is 0 Å². The Kier molecular flexibility index (Phi) is 7.53. The number of aliphatic hydroxyl groups is 1. The summed E-state index contributed by atoms with van der Waals surface area (Å²) in [6, 6.07) is 4.94. The Bertz CT molecular complexity index is 1100. The van der Waals surface area contributed by atoms with E-state index in [0.29, 0.717) is 23.4 Å². The van der Waals surface area contributed by atoms with Crippen molar-refractivity contribution in [2.24, 2.45) is 13.0 Å². The highest BCUT2D eigenvalue weighted by atomic mass is 19.3. The standard InChI is InChI=1S/C25H36B2F2N4O3/c1-24(2,35)16-8-5-11-33(13-16)25(26,27)19-10-9-17(12-20(19)36-23(28)29)30-22(34)18-14-32(3)31-21(18)15-6-4-7-15/h9-10,12,14-16,23,35H,4-8,11,13,26-27H2,1-3H3,(H,30,34). The summed E-state index contributed by atoms with van der Waals surface area (Å²) in [6.07, 6.45) is 6.68. The van der Waals surface area contributed by atoms with Gasteiger partial charge in [-0.05, 0) is 69.0 Å². The molecule has 0 radical (unpaired) electrons. The first-order chi connectivity index (χ1) is 16.9. The molecule has 1 unspecified atom stereocenters. The van der Waals surface area contributed by atoms with E-state index >= 15 is 0 Å². The number of benzene rings is 1. The van der Waals surface area contributed by atoms with Gasteiger partial charge in [0.25, 0.3) is 5.91 Å². The molecular formula is C25H36B2F2N4O3. The van der Waals surface area contributed by atoms with E-state index in [1.807, 2.05) is 29.5 Å². The summed E-state index contributed by atoms with van der Waals surface area (Å²) in [4.78, 5) is 15.3. The maximum atomic E-state index is 13.4. The number of aryl methyl sites for hydroxylation is 1. The molecule has 0 bridgehead atoms. The molecule has 2 aromatic rings. The van der Waals surface area contributed by atoms with Crippen molar-refractivity contribution in [3.8, 4) is 5.75 Å². The van der Waals surface area contributed by atoms with Crippen LogP contribution in [0.1, 0.15) is 73.5 Å². The predicted octanol–water partition coefficient (Wildman–Crippen LogP) is 2.40. The molecule has 4 rings (SSSR count). The van der Waals surface area contributed by atoms with Gasteiger partial charge in [0.2, 0.25) is 0 Å². The van der Waals surface area contributed by atoms with Gasteiger partial charge in [0, 0.05) is 37.5 Å². The highest BCUT2D eigenvalue weighted by molar-refractivity contribution is 6.40. The molecule has 1 aliphatic carbocycles. The summed E-state index contributed by atoms with van der Waals surface area (Å²) >= 11 is 0. The highest BCUT2D eigenvalue weighted by Gasteiger charge is 2.39. The molecule has 194 valence electrons. The van der Waals surface area contributed by atoms with Crippen molar-refractivity contribution >= 4 is 27.3 Å². The number of anilines is 1. The number of amides is 1. The summed E-state index contributed by atoms with van der Waals surface area (Å²) in [7, 11) is 5.74. The number of likely N-dealkylation sites (tertiary alicyclic amines) is 1. The Morgan fingerprint density at radius 2 is 1.97 bits per heavy atom. The van der Waals surface area contributed by atoms with Gasteiger partial charge in [-0.15, -0.1) is 0 Å². The average Bonchev–Trinajstić information content (AvgIpc) is 3.12. The second kappa shape index (κ2) is 10.2. The number of hydrogen-bond donors (Lipinski definition) is 2. The number of ether oxygens (including phenoxy) is 1. The minimum atomic E-state index is -3.00. The van der Waals surface area contributed by atoms with Crippen molar-refractivity contribution in [2.75, 3.05) is 18.4 Å². The molecule has 2 N–H and O–H groups in total. The summed E-state index contributed by atoms with van der Waals surface area (Å²) in [5, 5.41) is 17.3. The molecule has 1 aliphatic heterocycles. The lowest BCUT2D eigenvalue weighted by atomic mass is 9.56. The van der Waals surface area contributed by atoms with Crippen LogP contribution in [0.2, 0.25) is 0 Å². The van der Waals surface area contributed by atoms with Gasteiger partial charge in [0.05, 0.1) is 16.9 Å². The van der Waals surface area contributed by atoms with E-state index < -0.39 is 17.6 Å². The molecule has 1 aromatic heterocycles. The Morgan fingerprint density at radius 3 is 2.58 bits per heavy atom. The molecule has 0 spiro atoms. The maximum Gasteiger partial charge on any atom is 0.387 e. The Balaban J connectivity index is 1.59. The van der Waals surface area contributed by atoms with Crippen molar-refractivity contribution in [2.45, 2.75) is 69.4 Å². The van der Waals surface area contributed by atoms with E-state index in [2.05, 4.69) is 15.3 Å². The van der Waals surface area contributed by atoms with Gasteiger partial charge in [-0.2, -0.15) is 13.9 Å². The summed E-state index contributed by atoms with van der Waals surface area (Å²) in [5.41, 5.74) is 1.46. The van der Waals surface area contributed by atoms with Crippen LogP contribution in [0.5, 0.6) is 5.75 Å². The SMILES string of the molecule is BC(B)(c1ccc(NC(=O)c2cn(C)nc2C2CCC2)cc1OC(F)F)N1CCCC(C(C)(C)O)C1. The largest absolute Gasteiger partial charge is 0.434 e. The van der Waals surface area contributed by atoms with Crippen molar-refractivity contribution in [3.63, 3.8) is 0 Å². The van der Waals surface area contributed by atoms with E-state index in [1.54, 1.807) is 30.1 Å². The number of carbonyl (C=O) groups excluding carboxylic acids is 1. The Morgan fingerprint density at radius 1 is 1.25 bits per heavy atom. The first kappa shape index (κ1) is 26.7. The number of nitrogens with one attached hydrogen (secondary N) is 1. The van der Waals surface area contributed by atoms with E-state index in [1.165, 1.54) is 6.07 Å². The van der Waals surface area contributed by atoms with Gasteiger partial charge in [-0.25, -0.2) is 0 Å². The number of carbonyl (C=O) groups is 1. The van der Waals surface area contributed by atoms with Gasteiger partial charge in [-0.3, -0.25) is 9.48 Å². The zero-order valence-electron chi connectivity index (χ0n) is 21.9. The molecule has 2 aliphatic rings. The Hall–Kier alpha value is -2.39. The number of rotatable bonds is 8. The quantitative estimate of drug-likeness (QED) is 0.545. The zero-order chi connectivity index (χ0) is 26.3. The van der Waals surface area contributed by atoms with Crippen LogP contribution in [0.25, 0.3) is 0 Å². The van der Waals surface area contributed by atoms with Crippen molar-refractivity contribution in [3.05, 3.63) is 41.2 Å². The molecular weight excluding hydrogens is 464 g/mol. The van der Waals surface area contributed by atoms with Gasteiger partial charge in [0.15, 0.2) is 0 Å². The van der Waals surface area contributed by atoms with Gasteiger partial charge < -0.3 is 20.1 Å². The minimum absolute atomic E-state index is 0.0311. The Labute approximate surface area is 213 Å². The lowest BCUT2D eigenvalue weighted by molar-refractivity contribution is -0.0518. The molecule has 2 heterocycles. The van der Waals surface area contributed by atoms with Crippen molar-refractivity contribution in [1.29, 1.82) is 0 Å². The number of piperidine rings is 1. The van der Waals surface area contributed by atoms with Crippen LogP contribution in [0, 0.1) is 5.92 Å². The lowest BCUT2D eigenvalue weighted by Gasteiger charge is -2.47. The fourth-order valence-electron chi connectivity index (χ4n) is 5.39. The van der Waals surface area contributed by atoms with Gasteiger partial charge in [-0.1, -0.05) is 12.5 Å². The maximum absolute atomic E-state index is 13.4. The van der Waals surface area contributed by atoms with Crippen LogP contribution in [0.15, 0.2) is 24.4 Å². The summed E-state index contributed by atoms with van der Waals surface area (Å²) < 4.78 is 33.5. The van der Waals surface area contributed by atoms with Crippen LogP contribution < -0.4 is 10.1 Å². The van der Waals surface area contributed by atoms with Crippen LogP contribution in [-0.4, -0.2) is 66.7 Å². The van der Waals surface area contributed by atoms with E-state index in [0.717, 1.165) is 44.3 Å². The third kappa shape index (κ3) is 5.62. The van der Waals surface area contributed by atoms with Crippen molar-refractivity contribution < 1.29 is 23.4 Å². The molecule has 11 heteroatoms. The molecule has 1 aromatic carbocycles. The smallest absolute Gasteiger partial charge is 0.387 e. The average molecular weight is 500 g/mol. The highest BCUT2D eigenvalue weighted by Crippen LogP contribution is 2.39. The van der Waals surface area contributed by atoms with Crippen LogP contribution in [-0.2, 0) is 12.4 Å². The third-order valence-electron chi connectivity index (χ3n) is 7.92. The number of halogens is 2. The fraction of sp³-hybridized carbons (Fsp3) is 0.600. The van der Waals surface area contributed by atoms with E-state index in [-0.39, 0.29) is 23.5 Å². The number of alkyl halides is 2. The van der Waals surface area contributed by atoms with Crippen LogP contribution in [0.3, 0.4) is 0 Å². The number of aromatic nitrogens is 2. The molecule has 1 saturated heterocycles. The number of hydrogen-bond acceptors (Lipinski definition) is 5.